The molecule has 2 aromatic carbocycles. The van der Waals surface area contributed by atoms with Crippen molar-refractivity contribution in [1.29, 1.82) is 0 Å². The molecule has 1 fully saturated rings. The van der Waals surface area contributed by atoms with Gasteiger partial charge in [-0.2, -0.15) is 4.90 Å². The number of ether oxygens (including phenoxy) is 1. The number of piperazine rings is 1. The van der Waals surface area contributed by atoms with Crippen molar-refractivity contribution in [3.8, 4) is 16.9 Å². The van der Waals surface area contributed by atoms with Crippen molar-refractivity contribution < 1.29 is 22.7 Å². The van der Waals surface area contributed by atoms with Crippen LogP contribution in [0.3, 0.4) is 0 Å². The number of urea groups is 1. The van der Waals surface area contributed by atoms with Gasteiger partial charge >= 0.3 is 12.3 Å². The summed E-state index contributed by atoms with van der Waals surface area (Å²) in [5.74, 6) is 0.00787. The zero-order valence-electron chi connectivity index (χ0n) is 15.7. The molecule has 1 aliphatic rings. The molecule has 2 aromatic rings. The summed E-state index contributed by atoms with van der Waals surface area (Å²) in [5.41, 5.74) is 0.872. The number of carbonyl (C=O) groups excluding carboxylic acids is 1. The molecule has 0 N–H and O–H groups in total. The van der Waals surface area contributed by atoms with Crippen molar-refractivity contribution in [2.45, 2.75) is 6.30 Å². The van der Waals surface area contributed by atoms with E-state index in [2.05, 4.69) is 0 Å². The summed E-state index contributed by atoms with van der Waals surface area (Å²) in [6.07, 6.45) is -4.89. The Morgan fingerprint density at radius 1 is 1.00 bits per heavy atom. The lowest BCUT2D eigenvalue weighted by molar-refractivity contribution is -0.123. The first-order valence-corrected chi connectivity index (χ1v) is 8.89. The SMILES string of the molecule is COc1c(-c2ccccc2)cccc1N(C(=O)N1CCN(C)CC1)C(F)(F)F. The lowest BCUT2D eigenvalue weighted by Crippen LogP contribution is -2.55. The predicted molar refractivity (Wildman–Crippen MR) is 101 cm³/mol. The third-order valence-electron chi connectivity index (χ3n) is 4.74. The standard InChI is InChI=1S/C20H22F3N3O2/c1-24-11-13-25(14-12-24)19(27)26(20(21,22)23)17-10-6-9-16(18(17)28-2)15-7-4-3-5-8-15/h3-10H,11-14H2,1-2H3. The molecule has 0 radical (unpaired) electrons. The highest BCUT2D eigenvalue weighted by atomic mass is 19.4. The number of benzene rings is 2. The number of methoxy groups -OCH3 is 1. The maximum absolute atomic E-state index is 14.0. The Hall–Kier alpha value is -2.74. The first-order valence-electron chi connectivity index (χ1n) is 8.89. The van der Waals surface area contributed by atoms with E-state index in [-0.39, 0.29) is 29.4 Å². The van der Waals surface area contributed by atoms with Gasteiger partial charge in [0.2, 0.25) is 0 Å². The van der Waals surface area contributed by atoms with Gasteiger partial charge in [0.15, 0.2) is 5.75 Å². The van der Waals surface area contributed by atoms with Crippen molar-refractivity contribution in [3.63, 3.8) is 0 Å². The maximum Gasteiger partial charge on any atom is 0.493 e. The molecular formula is C20H22F3N3O2. The first kappa shape index (κ1) is 20.0. The predicted octanol–water partition coefficient (Wildman–Crippen LogP) is 4.06. The molecule has 0 aliphatic carbocycles. The summed E-state index contributed by atoms with van der Waals surface area (Å²) in [6, 6.07) is 12.3. The number of carbonyl (C=O) groups is 1. The van der Waals surface area contributed by atoms with Crippen LogP contribution in [-0.2, 0) is 0 Å². The van der Waals surface area contributed by atoms with Gasteiger partial charge in [0, 0.05) is 31.7 Å². The summed E-state index contributed by atoms with van der Waals surface area (Å²) < 4.78 is 47.2. The van der Waals surface area contributed by atoms with E-state index < -0.39 is 12.3 Å². The Kier molecular flexibility index (Phi) is 5.79. The lowest BCUT2D eigenvalue weighted by atomic mass is 10.0. The number of amides is 2. The summed E-state index contributed by atoms with van der Waals surface area (Å²) in [4.78, 5) is 15.9. The lowest BCUT2D eigenvalue weighted by Gasteiger charge is -2.37. The molecule has 150 valence electrons. The minimum atomic E-state index is -4.89. The second kappa shape index (κ2) is 8.10. The second-order valence-electron chi connectivity index (χ2n) is 6.60. The van der Waals surface area contributed by atoms with Gasteiger partial charge in [0.25, 0.3) is 0 Å². The summed E-state index contributed by atoms with van der Waals surface area (Å²) >= 11 is 0. The van der Waals surface area contributed by atoms with Crippen LogP contribution in [0.1, 0.15) is 0 Å². The molecule has 28 heavy (non-hydrogen) atoms. The number of anilines is 1. The zero-order chi connectivity index (χ0) is 20.3. The molecule has 1 aliphatic heterocycles. The molecule has 0 atom stereocenters. The molecule has 1 heterocycles. The fraction of sp³-hybridized carbons (Fsp3) is 0.350. The molecule has 3 rings (SSSR count). The molecule has 0 saturated carbocycles. The monoisotopic (exact) mass is 393 g/mol. The Morgan fingerprint density at radius 3 is 2.21 bits per heavy atom. The molecule has 8 heteroatoms. The third kappa shape index (κ3) is 4.06. The van der Waals surface area contributed by atoms with Crippen LogP contribution in [-0.4, -0.2) is 62.5 Å². The van der Waals surface area contributed by atoms with E-state index in [1.807, 2.05) is 18.0 Å². The van der Waals surface area contributed by atoms with Crippen molar-refractivity contribution in [3.05, 3.63) is 48.5 Å². The van der Waals surface area contributed by atoms with Gasteiger partial charge in [0.1, 0.15) is 0 Å². The molecule has 1 saturated heterocycles. The minimum absolute atomic E-state index is 0.00787. The molecule has 0 unspecified atom stereocenters. The van der Waals surface area contributed by atoms with Crippen molar-refractivity contribution in [2.24, 2.45) is 0 Å². The Morgan fingerprint density at radius 2 is 1.64 bits per heavy atom. The van der Waals surface area contributed by atoms with Gasteiger partial charge in [-0.15, -0.1) is 13.2 Å². The van der Waals surface area contributed by atoms with Crippen molar-refractivity contribution in [1.82, 2.24) is 9.80 Å². The van der Waals surface area contributed by atoms with Crippen LogP contribution < -0.4 is 9.64 Å². The number of para-hydroxylation sites is 1. The number of hydrogen-bond acceptors (Lipinski definition) is 3. The van der Waals surface area contributed by atoms with Crippen LogP contribution in [0.5, 0.6) is 5.75 Å². The van der Waals surface area contributed by atoms with Crippen LogP contribution in [0.2, 0.25) is 0 Å². The number of likely N-dealkylation sites (N-methyl/N-ethyl adjacent to an activating group) is 1. The number of alkyl halides is 3. The van der Waals surface area contributed by atoms with E-state index in [9.17, 15) is 18.0 Å². The summed E-state index contributed by atoms with van der Waals surface area (Å²) in [6.45, 7) is 1.53. The second-order valence-corrected chi connectivity index (χ2v) is 6.60. The topological polar surface area (TPSA) is 36.0 Å². The largest absolute Gasteiger partial charge is 0.494 e. The highest BCUT2D eigenvalue weighted by Crippen LogP contribution is 2.42. The van der Waals surface area contributed by atoms with Gasteiger partial charge in [-0.25, -0.2) is 4.79 Å². The number of hydrogen-bond donors (Lipinski definition) is 0. The Labute approximate surface area is 161 Å². The molecule has 0 spiro atoms. The summed E-state index contributed by atoms with van der Waals surface area (Å²) in [5, 5.41) is 0. The normalized spacial score (nSPS) is 15.4. The molecular weight excluding hydrogens is 371 g/mol. The van der Waals surface area contributed by atoms with Crippen molar-refractivity contribution in [2.75, 3.05) is 45.2 Å². The van der Waals surface area contributed by atoms with E-state index >= 15 is 0 Å². The van der Waals surface area contributed by atoms with E-state index in [1.165, 1.54) is 24.1 Å². The van der Waals surface area contributed by atoms with Crippen LogP contribution in [0, 0.1) is 0 Å². The van der Waals surface area contributed by atoms with Crippen LogP contribution in [0.15, 0.2) is 48.5 Å². The Balaban J connectivity index is 2.05. The van der Waals surface area contributed by atoms with Crippen LogP contribution in [0.25, 0.3) is 11.1 Å². The number of halogens is 3. The number of rotatable bonds is 3. The summed E-state index contributed by atoms with van der Waals surface area (Å²) in [7, 11) is 3.18. The molecule has 0 aromatic heterocycles. The van der Waals surface area contributed by atoms with Gasteiger partial charge < -0.3 is 14.5 Å². The highest BCUT2D eigenvalue weighted by Gasteiger charge is 2.46. The first-order chi connectivity index (χ1) is 13.3. The van der Waals surface area contributed by atoms with E-state index in [0.717, 1.165) is 0 Å². The van der Waals surface area contributed by atoms with E-state index in [4.69, 9.17) is 4.74 Å². The zero-order valence-corrected chi connectivity index (χ0v) is 15.7. The van der Waals surface area contributed by atoms with Crippen LogP contribution in [0.4, 0.5) is 23.7 Å². The molecule has 2 amide bonds. The van der Waals surface area contributed by atoms with Gasteiger partial charge in [-0.05, 0) is 18.7 Å². The van der Waals surface area contributed by atoms with Gasteiger partial charge in [0.05, 0.1) is 12.8 Å². The average Bonchev–Trinajstić information content (AvgIpc) is 2.68. The average molecular weight is 393 g/mol. The van der Waals surface area contributed by atoms with Crippen molar-refractivity contribution >= 4 is 11.7 Å². The smallest absolute Gasteiger partial charge is 0.493 e. The Bertz CT molecular complexity index is 819. The van der Waals surface area contributed by atoms with E-state index in [0.29, 0.717) is 24.2 Å². The highest BCUT2D eigenvalue weighted by molar-refractivity contribution is 5.96. The number of nitrogens with zero attached hydrogens (tertiary/aromatic N) is 3. The van der Waals surface area contributed by atoms with Gasteiger partial charge in [-0.1, -0.05) is 42.5 Å². The van der Waals surface area contributed by atoms with Gasteiger partial charge in [-0.3, -0.25) is 0 Å². The fourth-order valence-electron chi connectivity index (χ4n) is 3.25. The third-order valence-corrected chi connectivity index (χ3v) is 4.74. The van der Waals surface area contributed by atoms with Crippen LogP contribution >= 0.6 is 0 Å². The molecule has 5 nitrogen and oxygen atoms in total. The quantitative estimate of drug-likeness (QED) is 0.738. The van der Waals surface area contributed by atoms with E-state index in [1.54, 1.807) is 30.3 Å². The maximum atomic E-state index is 14.0. The molecule has 0 bridgehead atoms. The minimum Gasteiger partial charge on any atom is -0.494 e. The fourth-order valence-corrected chi connectivity index (χ4v) is 3.25.